The zero-order chi connectivity index (χ0) is 15.7. The summed E-state index contributed by atoms with van der Waals surface area (Å²) in [4.78, 5) is 0.992. The minimum Gasteiger partial charge on any atom is -0.257 e. The largest absolute Gasteiger partial charge is 0.257 e. The predicted molar refractivity (Wildman–Crippen MR) is 77.6 cm³/mol. The molecule has 0 unspecified atom stereocenters. The van der Waals surface area contributed by atoms with Gasteiger partial charge < -0.3 is 0 Å². The SMILES string of the molecule is Cc1ccc(S(=O)(=O)NN)c(S(=O)(=O)c2ccccc2)c1. The number of sulfone groups is 1. The van der Waals surface area contributed by atoms with Crippen molar-refractivity contribution in [3.63, 3.8) is 0 Å². The summed E-state index contributed by atoms with van der Waals surface area (Å²) in [7, 11) is -8.05. The fourth-order valence-corrected chi connectivity index (χ4v) is 4.64. The van der Waals surface area contributed by atoms with Crippen molar-refractivity contribution in [3.05, 3.63) is 54.1 Å². The van der Waals surface area contributed by atoms with Crippen LogP contribution < -0.4 is 10.7 Å². The first-order valence-electron chi connectivity index (χ1n) is 5.92. The van der Waals surface area contributed by atoms with Crippen LogP contribution >= 0.6 is 0 Å². The minimum absolute atomic E-state index is 0.0177. The predicted octanol–water partition coefficient (Wildman–Crippen LogP) is 0.980. The molecule has 0 spiro atoms. The van der Waals surface area contributed by atoms with Gasteiger partial charge in [-0.05, 0) is 36.8 Å². The maximum atomic E-state index is 12.6. The third kappa shape index (κ3) is 2.98. The van der Waals surface area contributed by atoms with Gasteiger partial charge in [0.2, 0.25) is 9.84 Å². The first-order valence-corrected chi connectivity index (χ1v) is 8.89. The van der Waals surface area contributed by atoms with E-state index in [2.05, 4.69) is 0 Å². The normalized spacial score (nSPS) is 12.3. The van der Waals surface area contributed by atoms with Gasteiger partial charge in [0.25, 0.3) is 10.0 Å². The van der Waals surface area contributed by atoms with E-state index in [9.17, 15) is 16.8 Å². The van der Waals surface area contributed by atoms with E-state index in [1.807, 2.05) is 0 Å². The average Bonchev–Trinajstić information content (AvgIpc) is 2.48. The van der Waals surface area contributed by atoms with Crippen LogP contribution in [-0.2, 0) is 19.9 Å². The number of hydrogen-bond acceptors (Lipinski definition) is 5. The highest BCUT2D eigenvalue weighted by molar-refractivity contribution is 7.93. The first kappa shape index (κ1) is 15.6. The van der Waals surface area contributed by atoms with Gasteiger partial charge in [0.1, 0.15) is 4.90 Å². The van der Waals surface area contributed by atoms with Gasteiger partial charge in [-0.1, -0.05) is 24.3 Å². The van der Waals surface area contributed by atoms with Crippen molar-refractivity contribution in [1.29, 1.82) is 0 Å². The van der Waals surface area contributed by atoms with E-state index in [0.717, 1.165) is 0 Å². The Bertz CT molecular complexity index is 860. The molecule has 0 bridgehead atoms. The Hall–Kier alpha value is -1.74. The van der Waals surface area contributed by atoms with Crippen LogP contribution in [0.3, 0.4) is 0 Å². The highest BCUT2D eigenvalue weighted by Gasteiger charge is 2.27. The molecule has 21 heavy (non-hydrogen) atoms. The van der Waals surface area contributed by atoms with Crippen LogP contribution in [0.1, 0.15) is 5.56 Å². The van der Waals surface area contributed by atoms with Gasteiger partial charge in [0, 0.05) is 0 Å². The van der Waals surface area contributed by atoms with Gasteiger partial charge in [0.15, 0.2) is 0 Å². The lowest BCUT2D eigenvalue weighted by Crippen LogP contribution is -2.31. The lowest BCUT2D eigenvalue weighted by Gasteiger charge is -2.11. The van der Waals surface area contributed by atoms with Crippen molar-refractivity contribution in [2.24, 2.45) is 5.84 Å². The molecule has 0 aliphatic carbocycles. The number of hydrogen-bond donors (Lipinski definition) is 2. The maximum absolute atomic E-state index is 12.6. The zero-order valence-electron chi connectivity index (χ0n) is 11.1. The Morgan fingerprint density at radius 1 is 0.905 bits per heavy atom. The van der Waals surface area contributed by atoms with Gasteiger partial charge >= 0.3 is 0 Å². The summed E-state index contributed by atoms with van der Waals surface area (Å²) in [5.41, 5.74) is 0.625. The van der Waals surface area contributed by atoms with Gasteiger partial charge in [0.05, 0.1) is 9.79 Å². The van der Waals surface area contributed by atoms with Gasteiger partial charge in [-0.3, -0.25) is 5.84 Å². The third-order valence-corrected chi connectivity index (χ3v) is 6.07. The smallest absolute Gasteiger partial charge is 0.254 e. The fraction of sp³-hybridized carbons (Fsp3) is 0.0769. The summed E-state index contributed by atoms with van der Waals surface area (Å²) in [6, 6.07) is 11.7. The number of aryl methyl sites for hydroxylation is 1. The standard InChI is InChI=1S/C13H14N2O4S2/c1-10-7-8-12(21(18,19)15-14)13(9-10)20(16,17)11-5-3-2-4-6-11/h2-9,15H,14H2,1H3. The van der Waals surface area contributed by atoms with Crippen LogP contribution in [0, 0.1) is 6.92 Å². The molecular weight excluding hydrogens is 312 g/mol. The number of benzene rings is 2. The van der Waals surface area contributed by atoms with Crippen molar-refractivity contribution in [2.75, 3.05) is 0 Å². The van der Waals surface area contributed by atoms with E-state index in [1.165, 1.54) is 30.3 Å². The van der Waals surface area contributed by atoms with E-state index >= 15 is 0 Å². The van der Waals surface area contributed by atoms with Crippen molar-refractivity contribution in [1.82, 2.24) is 4.83 Å². The van der Waals surface area contributed by atoms with Crippen molar-refractivity contribution < 1.29 is 16.8 Å². The van der Waals surface area contributed by atoms with Crippen molar-refractivity contribution >= 4 is 19.9 Å². The van der Waals surface area contributed by atoms with Crippen LogP contribution in [0.15, 0.2) is 63.2 Å². The Morgan fingerprint density at radius 3 is 2.10 bits per heavy atom. The fourth-order valence-electron chi connectivity index (χ4n) is 1.84. The van der Waals surface area contributed by atoms with Gasteiger partial charge in [-0.25, -0.2) is 16.8 Å². The highest BCUT2D eigenvalue weighted by atomic mass is 32.2. The zero-order valence-corrected chi connectivity index (χ0v) is 12.8. The Morgan fingerprint density at radius 2 is 1.52 bits per heavy atom. The molecule has 0 amide bonds. The molecule has 0 aliphatic heterocycles. The molecule has 2 aromatic carbocycles. The quantitative estimate of drug-likeness (QED) is 0.643. The summed E-state index contributed by atoms with van der Waals surface area (Å²) in [5.74, 6) is 4.99. The topological polar surface area (TPSA) is 106 Å². The molecule has 0 heterocycles. The van der Waals surface area contributed by atoms with Crippen LogP contribution in [-0.4, -0.2) is 16.8 Å². The van der Waals surface area contributed by atoms with Crippen LogP contribution in [0.25, 0.3) is 0 Å². The Kier molecular flexibility index (Phi) is 4.15. The molecule has 0 atom stereocenters. The van der Waals surface area contributed by atoms with E-state index in [4.69, 9.17) is 5.84 Å². The number of hydrazine groups is 1. The summed E-state index contributed by atoms with van der Waals surface area (Å²) < 4.78 is 49.1. The molecular formula is C13H14N2O4S2. The number of sulfonamides is 1. The summed E-state index contributed by atoms with van der Waals surface area (Å²) in [5, 5.41) is 0. The average molecular weight is 326 g/mol. The number of nitrogens with one attached hydrogen (secondary N) is 1. The molecule has 2 rings (SSSR count). The second-order valence-corrected chi connectivity index (χ2v) is 7.99. The Balaban J connectivity index is 2.78. The second-order valence-electron chi connectivity index (χ2n) is 4.39. The van der Waals surface area contributed by atoms with Gasteiger partial charge in [-0.2, -0.15) is 4.83 Å². The Labute approximate surface area is 123 Å². The molecule has 112 valence electrons. The molecule has 0 radical (unpaired) electrons. The molecule has 0 saturated heterocycles. The highest BCUT2D eigenvalue weighted by Crippen LogP contribution is 2.27. The summed E-state index contributed by atoms with van der Waals surface area (Å²) >= 11 is 0. The second kappa shape index (κ2) is 5.57. The number of rotatable bonds is 4. The third-order valence-electron chi connectivity index (χ3n) is 2.89. The van der Waals surface area contributed by atoms with E-state index in [-0.39, 0.29) is 14.7 Å². The molecule has 0 aliphatic rings. The van der Waals surface area contributed by atoms with E-state index in [0.29, 0.717) is 5.56 Å². The summed E-state index contributed by atoms with van der Waals surface area (Å²) in [6.07, 6.45) is 0. The lowest BCUT2D eigenvalue weighted by atomic mass is 10.2. The van der Waals surface area contributed by atoms with Crippen LogP contribution in [0.4, 0.5) is 0 Å². The molecule has 6 nitrogen and oxygen atoms in total. The molecule has 0 saturated carbocycles. The molecule has 2 aromatic rings. The summed E-state index contributed by atoms with van der Waals surface area (Å²) in [6.45, 7) is 1.68. The monoisotopic (exact) mass is 326 g/mol. The lowest BCUT2D eigenvalue weighted by molar-refractivity contribution is 0.575. The first-order chi connectivity index (χ1) is 9.79. The van der Waals surface area contributed by atoms with Gasteiger partial charge in [-0.15, -0.1) is 0 Å². The van der Waals surface area contributed by atoms with Crippen LogP contribution in [0.5, 0.6) is 0 Å². The molecule has 8 heteroatoms. The molecule has 3 N–H and O–H groups in total. The number of nitrogens with two attached hydrogens (primary N) is 1. The van der Waals surface area contributed by atoms with Crippen molar-refractivity contribution in [2.45, 2.75) is 21.6 Å². The van der Waals surface area contributed by atoms with Crippen molar-refractivity contribution in [3.8, 4) is 0 Å². The molecule has 0 fully saturated rings. The van der Waals surface area contributed by atoms with E-state index in [1.54, 1.807) is 30.0 Å². The minimum atomic E-state index is -4.09. The molecule has 0 aromatic heterocycles. The maximum Gasteiger partial charge on any atom is 0.254 e. The van der Waals surface area contributed by atoms with E-state index < -0.39 is 19.9 Å². The van der Waals surface area contributed by atoms with Crippen LogP contribution in [0.2, 0.25) is 0 Å².